The zero-order chi connectivity index (χ0) is 26.4. The van der Waals surface area contributed by atoms with E-state index in [0.717, 1.165) is 35.4 Å². The molecule has 0 saturated heterocycles. The average Bonchev–Trinajstić information content (AvgIpc) is 3.13. The van der Waals surface area contributed by atoms with Gasteiger partial charge >= 0.3 is 12.2 Å². The molecule has 13 heteroatoms. The van der Waals surface area contributed by atoms with Gasteiger partial charge in [0, 0.05) is 12.8 Å². The molecule has 0 spiro atoms. The van der Waals surface area contributed by atoms with Crippen LogP contribution in [0.25, 0.3) is 0 Å². The number of anilines is 1. The monoisotopic (exact) mass is 520 g/mol. The summed E-state index contributed by atoms with van der Waals surface area (Å²) in [5, 5.41) is 21.1. The van der Waals surface area contributed by atoms with Crippen molar-refractivity contribution >= 4 is 27.5 Å². The van der Waals surface area contributed by atoms with Crippen molar-refractivity contribution in [2.75, 3.05) is 30.9 Å². The maximum atomic E-state index is 13.3. The molecule has 2 aromatic rings. The molecule has 9 nitrogen and oxygen atoms in total. The van der Waals surface area contributed by atoms with Crippen molar-refractivity contribution in [1.82, 2.24) is 10.2 Å². The number of aliphatic hydroxyl groups excluding tert-OH is 1. The number of nitriles is 1. The summed E-state index contributed by atoms with van der Waals surface area (Å²) in [6, 6.07) is 7.50. The summed E-state index contributed by atoms with van der Waals surface area (Å²) in [7, 11) is -3.92. The molecule has 2 aliphatic rings. The van der Waals surface area contributed by atoms with Crippen LogP contribution in [0.4, 0.5) is 23.7 Å². The van der Waals surface area contributed by atoms with Crippen LogP contribution in [0.1, 0.15) is 22.7 Å². The fourth-order valence-corrected chi connectivity index (χ4v) is 5.24. The Hall–Kier alpha value is -3.89. The minimum absolute atomic E-state index is 0.0280. The van der Waals surface area contributed by atoms with E-state index in [1.54, 1.807) is 0 Å². The van der Waals surface area contributed by atoms with E-state index in [0.29, 0.717) is 0 Å². The Kier molecular flexibility index (Phi) is 6.27. The summed E-state index contributed by atoms with van der Waals surface area (Å²) in [5.74, 6) is -0.621. The molecule has 0 aliphatic carbocycles. The zero-order valence-corrected chi connectivity index (χ0v) is 19.5. The molecule has 3 amide bonds. The summed E-state index contributed by atoms with van der Waals surface area (Å²) >= 11 is 0. The third-order valence-electron chi connectivity index (χ3n) is 5.85. The second-order valence-electron chi connectivity index (χ2n) is 8.21. The lowest BCUT2D eigenvalue weighted by molar-refractivity contribution is -0.137. The van der Waals surface area contributed by atoms with Crippen molar-refractivity contribution in [2.45, 2.75) is 17.1 Å². The standard InChI is InChI=1S/C23H19F3N4O5S/c1-36(34,35)18-9-13(11-27)5-6-16(18)20-19-17(12-29(7-8-31)21(19)32)30(22(33)28-20)15-4-2-3-14(10-15)23(24,25)26/h2-6,9-10,20,31H,7-8,12H2,1H3,(H,28,33). The van der Waals surface area contributed by atoms with Gasteiger partial charge in [0.05, 0.1) is 58.2 Å². The van der Waals surface area contributed by atoms with Crippen LogP contribution in [0.15, 0.2) is 58.6 Å². The van der Waals surface area contributed by atoms with Gasteiger partial charge in [-0.1, -0.05) is 12.1 Å². The number of halogens is 3. The third kappa shape index (κ3) is 4.40. The van der Waals surface area contributed by atoms with Crippen LogP contribution in [-0.4, -0.2) is 56.3 Å². The van der Waals surface area contributed by atoms with Gasteiger partial charge in [-0.15, -0.1) is 0 Å². The van der Waals surface area contributed by atoms with E-state index in [2.05, 4.69) is 5.32 Å². The number of amides is 3. The average molecular weight is 520 g/mol. The molecule has 0 aromatic heterocycles. The van der Waals surface area contributed by atoms with E-state index in [1.165, 1.54) is 23.1 Å². The molecule has 2 aromatic carbocycles. The van der Waals surface area contributed by atoms with Gasteiger partial charge in [0.15, 0.2) is 9.84 Å². The lowest BCUT2D eigenvalue weighted by atomic mass is 9.94. The van der Waals surface area contributed by atoms with Gasteiger partial charge in [-0.3, -0.25) is 9.69 Å². The highest BCUT2D eigenvalue weighted by Gasteiger charge is 2.46. The van der Waals surface area contributed by atoms with Crippen LogP contribution < -0.4 is 10.2 Å². The van der Waals surface area contributed by atoms with Gasteiger partial charge in [0.1, 0.15) is 0 Å². The Morgan fingerprint density at radius 3 is 2.53 bits per heavy atom. The molecule has 1 atom stereocenters. The summed E-state index contributed by atoms with van der Waals surface area (Å²) in [4.78, 5) is 28.4. The summed E-state index contributed by atoms with van der Waals surface area (Å²) in [5.41, 5.74) is -1.06. The van der Waals surface area contributed by atoms with E-state index in [1.807, 2.05) is 6.07 Å². The normalized spacial score (nSPS) is 18.3. The highest BCUT2D eigenvalue weighted by molar-refractivity contribution is 7.90. The van der Waals surface area contributed by atoms with Gasteiger partial charge in [0.25, 0.3) is 5.91 Å². The van der Waals surface area contributed by atoms with Gasteiger partial charge in [0.2, 0.25) is 0 Å². The number of hydrogen-bond acceptors (Lipinski definition) is 6. The first kappa shape index (κ1) is 25.2. The summed E-state index contributed by atoms with van der Waals surface area (Å²) in [6.45, 7) is -0.720. The number of carbonyl (C=O) groups is 2. The van der Waals surface area contributed by atoms with Crippen LogP contribution in [0.2, 0.25) is 0 Å². The molecule has 2 aliphatic heterocycles. The minimum Gasteiger partial charge on any atom is -0.395 e. The Balaban J connectivity index is 1.92. The highest BCUT2D eigenvalue weighted by atomic mass is 32.2. The van der Waals surface area contributed by atoms with Crippen molar-refractivity contribution in [2.24, 2.45) is 0 Å². The molecule has 36 heavy (non-hydrogen) atoms. The maximum absolute atomic E-state index is 13.3. The molecular weight excluding hydrogens is 501 g/mol. The number of urea groups is 1. The molecule has 0 bridgehead atoms. The van der Waals surface area contributed by atoms with Crippen molar-refractivity contribution in [3.63, 3.8) is 0 Å². The maximum Gasteiger partial charge on any atom is 0.416 e. The lowest BCUT2D eigenvalue weighted by Gasteiger charge is -2.34. The Labute approximate surface area is 204 Å². The highest BCUT2D eigenvalue weighted by Crippen LogP contribution is 2.41. The lowest BCUT2D eigenvalue weighted by Crippen LogP contribution is -2.47. The van der Waals surface area contributed by atoms with Crippen molar-refractivity contribution in [3.05, 3.63) is 70.4 Å². The van der Waals surface area contributed by atoms with Crippen molar-refractivity contribution in [1.29, 1.82) is 5.26 Å². The molecule has 2 N–H and O–H groups in total. The second-order valence-corrected chi connectivity index (χ2v) is 10.2. The SMILES string of the molecule is CS(=O)(=O)c1cc(C#N)ccc1C1NC(=O)N(c2cccc(C(F)(F)F)c2)C2=C1C(=O)N(CCO)C2. The zero-order valence-electron chi connectivity index (χ0n) is 18.7. The number of hydrogen-bond donors (Lipinski definition) is 2. The number of alkyl halides is 3. The Bertz CT molecular complexity index is 1450. The predicted molar refractivity (Wildman–Crippen MR) is 120 cm³/mol. The number of nitrogens with one attached hydrogen (secondary N) is 1. The van der Waals surface area contributed by atoms with E-state index >= 15 is 0 Å². The van der Waals surface area contributed by atoms with Crippen LogP contribution in [0.3, 0.4) is 0 Å². The fraction of sp³-hybridized carbons (Fsp3) is 0.261. The van der Waals surface area contributed by atoms with E-state index in [4.69, 9.17) is 0 Å². The quantitative estimate of drug-likeness (QED) is 0.622. The van der Waals surface area contributed by atoms with Crippen molar-refractivity contribution < 1.29 is 36.3 Å². The number of aliphatic hydroxyl groups is 1. The van der Waals surface area contributed by atoms with E-state index in [9.17, 15) is 41.5 Å². The number of nitrogens with zero attached hydrogens (tertiary/aromatic N) is 3. The first-order valence-electron chi connectivity index (χ1n) is 10.5. The van der Waals surface area contributed by atoms with Crippen molar-refractivity contribution in [3.8, 4) is 6.07 Å². The molecule has 0 radical (unpaired) electrons. The predicted octanol–water partition coefficient (Wildman–Crippen LogP) is 2.34. The molecule has 2 heterocycles. The first-order valence-corrected chi connectivity index (χ1v) is 12.4. The molecule has 4 rings (SSSR count). The molecule has 0 saturated carbocycles. The van der Waals surface area contributed by atoms with Crippen LogP contribution >= 0.6 is 0 Å². The largest absolute Gasteiger partial charge is 0.416 e. The van der Waals surface area contributed by atoms with E-state index < -0.39 is 46.2 Å². The Morgan fingerprint density at radius 1 is 1.19 bits per heavy atom. The third-order valence-corrected chi connectivity index (χ3v) is 7.01. The fourth-order valence-electron chi connectivity index (χ4n) is 4.29. The van der Waals surface area contributed by atoms with Gasteiger partial charge in [-0.25, -0.2) is 13.2 Å². The van der Waals surface area contributed by atoms with Crippen LogP contribution in [-0.2, 0) is 20.8 Å². The molecule has 1 unspecified atom stereocenters. The molecule has 188 valence electrons. The molecular formula is C23H19F3N4O5S. The summed E-state index contributed by atoms with van der Waals surface area (Å²) < 4.78 is 65.0. The molecule has 0 fully saturated rings. The topological polar surface area (TPSA) is 131 Å². The first-order chi connectivity index (χ1) is 16.9. The van der Waals surface area contributed by atoms with Crippen LogP contribution in [0.5, 0.6) is 0 Å². The van der Waals surface area contributed by atoms with Crippen LogP contribution in [0, 0.1) is 11.3 Å². The minimum atomic E-state index is -4.68. The van der Waals surface area contributed by atoms with Gasteiger partial charge < -0.3 is 15.3 Å². The number of sulfone groups is 1. The number of rotatable bonds is 5. The number of β-amino-alcohol motifs (C(OH)–C–C–N with tert-alkyl or cyclic N) is 1. The van der Waals surface area contributed by atoms with E-state index in [-0.39, 0.29) is 46.1 Å². The second kappa shape index (κ2) is 8.96. The summed E-state index contributed by atoms with van der Waals surface area (Å²) in [6.07, 6.45) is -3.76. The smallest absolute Gasteiger partial charge is 0.395 e. The van der Waals surface area contributed by atoms with Gasteiger partial charge in [-0.05, 0) is 35.9 Å². The number of benzene rings is 2. The number of carbonyl (C=O) groups excluding carboxylic acids is 2. The Morgan fingerprint density at radius 2 is 1.92 bits per heavy atom. The van der Waals surface area contributed by atoms with Gasteiger partial charge in [-0.2, -0.15) is 18.4 Å².